The Bertz CT molecular complexity index is 903. The number of rotatable bonds is 8. The molecule has 0 saturated carbocycles. The van der Waals surface area contributed by atoms with Gasteiger partial charge in [0.05, 0.1) is 11.3 Å². The zero-order valence-corrected chi connectivity index (χ0v) is 15.8. The van der Waals surface area contributed by atoms with Gasteiger partial charge in [0.15, 0.2) is 5.96 Å². The lowest BCUT2D eigenvalue weighted by Crippen LogP contribution is -2.38. The van der Waals surface area contributed by atoms with Gasteiger partial charge in [-0.15, -0.1) is 0 Å². The predicted octanol–water partition coefficient (Wildman–Crippen LogP) is 1.33. The minimum absolute atomic E-state index is 0.0747. The number of hydrogen-bond donors (Lipinski definition) is 4. The Balaban J connectivity index is 1.88. The number of benzene rings is 2. The minimum atomic E-state index is -1.09. The highest BCUT2D eigenvalue weighted by molar-refractivity contribution is 5.91. The monoisotopic (exact) mass is 398 g/mol. The van der Waals surface area contributed by atoms with E-state index in [1.807, 2.05) is 0 Å². The highest BCUT2D eigenvalue weighted by atomic mass is 16.5. The summed E-state index contributed by atoms with van der Waals surface area (Å²) in [5.41, 5.74) is 12.3. The van der Waals surface area contributed by atoms with E-state index in [9.17, 15) is 14.4 Å². The van der Waals surface area contributed by atoms with Crippen LogP contribution >= 0.6 is 0 Å². The first-order chi connectivity index (χ1) is 13.7. The topological polar surface area (TPSA) is 157 Å². The van der Waals surface area contributed by atoms with Gasteiger partial charge in [0.25, 0.3) is 0 Å². The molecule has 0 aromatic heterocycles. The number of aliphatic carboxylic acids is 1. The maximum atomic E-state index is 12.2. The second-order valence-corrected chi connectivity index (χ2v) is 6.24. The smallest absolute Gasteiger partial charge is 0.343 e. The maximum absolute atomic E-state index is 12.2. The third-order valence-electron chi connectivity index (χ3n) is 3.88. The summed E-state index contributed by atoms with van der Waals surface area (Å²) in [6.45, 7) is 1.40. The fraction of sp³-hybridized carbons (Fsp3) is 0.200. The fourth-order valence-corrected chi connectivity index (χ4v) is 2.34. The highest BCUT2D eigenvalue weighted by Crippen LogP contribution is 2.17. The van der Waals surface area contributed by atoms with Crippen molar-refractivity contribution in [1.29, 1.82) is 0 Å². The van der Waals surface area contributed by atoms with Gasteiger partial charge in [-0.25, -0.2) is 9.79 Å². The van der Waals surface area contributed by atoms with Crippen molar-refractivity contribution in [3.05, 3.63) is 59.7 Å². The molecule has 0 bridgehead atoms. The van der Waals surface area contributed by atoms with Crippen molar-refractivity contribution < 1.29 is 24.2 Å². The summed E-state index contributed by atoms with van der Waals surface area (Å²) in [5, 5.41) is 11.2. The Labute approximate surface area is 167 Å². The van der Waals surface area contributed by atoms with E-state index in [-0.39, 0.29) is 18.3 Å². The number of nitrogens with one attached hydrogen (secondary N) is 1. The fourth-order valence-electron chi connectivity index (χ4n) is 2.34. The molecule has 152 valence electrons. The summed E-state index contributed by atoms with van der Waals surface area (Å²) in [6.07, 6.45) is 0.581. The molecular formula is C20H22N4O5. The van der Waals surface area contributed by atoms with Gasteiger partial charge < -0.3 is 26.6 Å². The van der Waals surface area contributed by atoms with Crippen LogP contribution in [0.3, 0.4) is 0 Å². The van der Waals surface area contributed by atoms with E-state index >= 15 is 0 Å². The molecule has 0 radical (unpaired) electrons. The molecule has 2 aromatic rings. The maximum Gasteiger partial charge on any atom is 0.343 e. The minimum Gasteiger partial charge on any atom is -0.480 e. The zero-order valence-electron chi connectivity index (χ0n) is 15.8. The van der Waals surface area contributed by atoms with E-state index in [1.165, 1.54) is 6.92 Å². The standard InChI is InChI=1S/C20H22N4O5/c1-12(18(26)27)23-17(25)11-4-13-2-9-16(10-3-13)29-19(28)14-5-7-15(8-6-14)24-20(21)22/h2-3,5-10,12H,4,11H2,1H3,(H,23,25)(H,26,27)(H4,21,22,24)/t12-/m1/s1. The number of guanidine groups is 1. The number of aliphatic imine (C=N–C) groups is 1. The van der Waals surface area contributed by atoms with E-state index < -0.39 is 18.0 Å². The second-order valence-electron chi connectivity index (χ2n) is 6.24. The first-order valence-corrected chi connectivity index (χ1v) is 8.77. The molecule has 0 spiro atoms. The van der Waals surface area contributed by atoms with Crippen molar-refractivity contribution in [3.8, 4) is 5.75 Å². The van der Waals surface area contributed by atoms with E-state index in [0.717, 1.165) is 5.56 Å². The number of ether oxygens (including phenoxy) is 1. The predicted molar refractivity (Wildman–Crippen MR) is 107 cm³/mol. The molecular weight excluding hydrogens is 376 g/mol. The number of nitrogens with two attached hydrogens (primary N) is 2. The molecule has 9 heteroatoms. The van der Waals surface area contributed by atoms with Gasteiger partial charge in [-0.1, -0.05) is 12.1 Å². The van der Waals surface area contributed by atoms with Crippen LogP contribution in [-0.4, -0.2) is 35.0 Å². The molecule has 0 aliphatic heterocycles. The third kappa shape index (κ3) is 6.98. The molecule has 29 heavy (non-hydrogen) atoms. The number of amides is 1. The molecule has 0 fully saturated rings. The number of nitrogens with zero attached hydrogens (tertiary/aromatic N) is 1. The molecule has 0 unspecified atom stereocenters. The van der Waals surface area contributed by atoms with Crippen LogP contribution in [0.1, 0.15) is 29.3 Å². The summed E-state index contributed by atoms with van der Waals surface area (Å²) >= 11 is 0. The number of aryl methyl sites for hydroxylation is 1. The van der Waals surface area contributed by atoms with Gasteiger partial charge in [0.2, 0.25) is 5.91 Å². The highest BCUT2D eigenvalue weighted by Gasteiger charge is 2.14. The Morgan fingerprint density at radius 3 is 2.24 bits per heavy atom. The Kier molecular flexibility index (Phi) is 7.30. The van der Waals surface area contributed by atoms with Gasteiger partial charge in [0, 0.05) is 6.42 Å². The average molecular weight is 398 g/mol. The van der Waals surface area contributed by atoms with Crippen LogP contribution in [0.2, 0.25) is 0 Å². The summed E-state index contributed by atoms with van der Waals surface area (Å²) in [6, 6.07) is 12.1. The van der Waals surface area contributed by atoms with Crippen LogP contribution in [0.5, 0.6) is 5.75 Å². The van der Waals surface area contributed by atoms with Gasteiger partial charge >= 0.3 is 11.9 Å². The van der Waals surface area contributed by atoms with Gasteiger partial charge in [0.1, 0.15) is 11.8 Å². The van der Waals surface area contributed by atoms with Crippen molar-refractivity contribution in [1.82, 2.24) is 5.32 Å². The number of carbonyl (C=O) groups excluding carboxylic acids is 2. The number of carboxylic acids is 1. The van der Waals surface area contributed by atoms with Crippen LogP contribution < -0.4 is 21.5 Å². The number of esters is 1. The molecule has 0 aliphatic carbocycles. The van der Waals surface area contributed by atoms with Crippen LogP contribution in [0, 0.1) is 0 Å². The van der Waals surface area contributed by atoms with Crippen LogP contribution in [0.25, 0.3) is 0 Å². The number of hydrogen-bond acceptors (Lipinski definition) is 5. The lowest BCUT2D eigenvalue weighted by atomic mass is 10.1. The number of carbonyl (C=O) groups is 3. The van der Waals surface area contributed by atoms with E-state index in [1.54, 1.807) is 48.5 Å². The molecule has 1 amide bonds. The molecule has 6 N–H and O–H groups in total. The number of carboxylic acid groups (broad SMARTS) is 1. The summed E-state index contributed by atoms with van der Waals surface area (Å²) in [7, 11) is 0. The third-order valence-corrected chi connectivity index (χ3v) is 3.88. The van der Waals surface area contributed by atoms with E-state index in [2.05, 4.69) is 10.3 Å². The molecule has 2 aromatic carbocycles. The van der Waals surface area contributed by atoms with Crippen molar-refractivity contribution >= 4 is 29.5 Å². The molecule has 0 aliphatic rings. The van der Waals surface area contributed by atoms with Gasteiger partial charge in [-0.3, -0.25) is 9.59 Å². The largest absolute Gasteiger partial charge is 0.480 e. The molecule has 1 atom stereocenters. The van der Waals surface area contributed by atoms with E-state index in [0.29, 0.717) is 23.4 Å². The van der Waals surface area contributed by atoms with Crippen LogP contribution in [-0.2, 0) is 16.0 Å². The van der Waals surface area contributed by atoms with Gasteiger partial charge in [-0.05, 0) is 55.3 Å². The normalized spacial score (nSPS) is 11.2. The first-order valence-electron chi connectivity index (χ1n) is 8.77. The van der Waals surface area contributed by atoms with Crippen molar-refractivity contribution in [2.75, 3.05) is 0 Å². The van der Waals surface area contributed by atoms with Gasteiger partial charge in [-0.2, -0.15) is 0 Å². The lowest BCUT2D eigenvalue weighted by Gasteiger charge is -2.09. The van der Waals surface area contributed by atoms with Crippen LogP contribution in [0.4, 0.5) is 5.69 Å². The summed E-state index contributed by atoms with van der Waals surface area (Å²) in [4.78, 5) is 38.5. The van der Waals surface area contributed by atoms with Crippen molar-refractivity contribution in [2.45, 2.75) is 25.8 Å². The lowest BCUT2D eigenvalue weighted by molar-refractivity contribution is -0.141. The molecule has 9 nitrogen and oxygen atoms in total. The van der Waals surface area contributed by atoms with Crippen LogP contribution in [0.15, 0.2) is 53.5 Å². The summed E-state index contributed by atoms with van der Waals surface area (Å²) < 4.78 is 5.31. The Hall–Kier alpha value is -3.88. The van der Waals surface area contributed by atoms with Crippen molar-refractivity contribution in [3.63, 3.8) is 0 Å². The first kappa shape index (κ1) is 21.4. The Morgan fingerprint density at radius 2 is 1.69 bits per heavy atom. The SMILES string of the molecule is C[C@@H](NC(=O)CCc1ccc(OC(=O)c2ccc(N=C(N)N)cc2)cc1)C(=O)O. The summed E-state index contributed by atoms with van der Waals surface area (Å²) in [5.74, 6) is -1.68. The molecule has 2 rings (SSSR count). The zero-order chi connectivity index (χ0) is 21.4. The second kappa shape index (κ2) is 9.88. The average Bonchev–Trinajstić information content (AvgIpc) is 2.67. The molecule has 0 heterocycles. The Morgan fingerprint density at radius 1 is 1.07 bits per heavy atom. The molecule has 0 saturated heterocycles. The quantitative estimate of drug-likeness (QED) is 0.226. The van der Waals surface area contributed by atoms with Crippen molar-refractivity contribution in [2.24, 2.45) is 16.5 Å². The van der Waals surface area contributed by atoms with E-state index in [4.69, 9.17) is 21.3 Å².